The standard InChI is InChI=1S/C16H25NO4/c1-5-19-14-8-6-7-13(9-12(4)17)16(14)20-10-15(18)21-11(2)3/h6-8,11-12H,5,9-10,17H2,1-4H3. The molecule has 0 radical (unpaired) electrons. The summed E-state index contributed by atoms with van der Waals surface area (Å²) in [5.74, 6) is 0.786. The van der Waals surface area contributed by atoms with Crippen LogP contribution >= 0.6 is 0 Å². The molecule has 0 spiro atoms. The zero-order valence-electron chi connectivity index (χ0n) is 13.2. The molecule has 21 heavy (non-hydrogen) atoms. The van der Waals surface area contributed by atoms with Crippen molar-refractivity contribution in [1.29, 1.82) is 0 Å². The zero-order valence-corrected chi connectivity index (χ0v) is 13.2. The lowest BCUT2D eigenvalue weighted by molar-refractivity contribution is -0.149. The highest BCUT2D eigenvalue weighted by molar-refractivity contribution is 5.71. The number of hydrogen-bond acceptors (Lipinski definition) is 5. The number of carbonyl (C=O) groups is 1. The summed E-state index contributed by atoms with van der Waals surface area (Å²) in [7, 11) is 0. The molecule has 0 bridgehead atoms. The van der Waals surface area contributed by atoms with Crippen LogP contribution in [0.15, 0.2) is 18.2 Å². The lowest BCUT2D eigenvalue weighted by Gasteiger charge is -2.17. The van der Waals surface area contributed by atoms with Gasteiger partial charge in [-0.05, 0) is 45.7 Å². The van der Waals surface area contributed by atoms with Crippen molar-refractivity contribution in [1.82, 2.24) is 0 Å². The van der Waals surface area contributed by atoms with E-state index in [1.165, 1.54) is 0 Å². The molecular weight excluding hydrogens is 270 g/mol. The number of benzene rings is 1. The monoisotopic (exact) mass is 295 g/mol. The minimum atomic E-state index is -0.400. The van der Waals surface area contributed by atoms with Crippen molar-refractivity contribution in [2.75, 3.05) is 13.2 Å². The Kier molecular flexibility index (Phi) is 7.02. The molecule has 5 heteroatoms. The van der Waals surface area contributed by atoms with Crippen LogP contribution in [0.25, 0.3) is 0 Å². The van der Waals surface area contributed by atoms with Crippen molar-refractivity contribution in [3.8, 4) is 11.5 Å². The van der Waals surface area contributed by atoms with Gasteiger partial charge in [-0.25, -0.2) is 4.79 Å². The van der Waals surface area contributed by atoms with Gasteiger partial charge in [0.1, 0.15) is 0 Å². The molecule has 0 aliphatic carbocycles. The van der Waals surface area contributed by atoms with Gasteiger partial charge in [-0.2, -0.15) is 0 Å². The van der Waals surface area contributed by atoms with Gasteiger partial charge in [-0.1, -0.05) is 12.1 Å². The Balaban J connectivity index is 2.87. The highest BCUT2D eigenvalue weighted by Gasteiger charge is 2.15. The van der Waals surface area contributed by atoms with E-state index < -0.39 is 5.97 Å². The van der Waals surface area contributed by atoms with E-state index in [2.05, 4.69) is 0 Å². The number of rotatable bonds is 8. The summed E-state index contributed by atoms with van der Waals surface area (Å²) < 4.78 is 16.2. The van der Waals surface area contributed by atoms with Gasteiger partial charge in [0.15, 0.2) is 18.1 Å². The highest BCUT2D eigenvalue weighted by Crippen LogP contribution is 2.32. The molecule has 118 valence electrons. The van der Waals surface area contributed by atoms with Gasteiger partial charge in [0.2, 0.25) is 0 Å². The average Bonchev–Trinajstić information content (AvgIpc) is 2.36. The number of para-hydroxylation sites is 1. The maximum absolute atomic E-state index is 11.6. The Morgan fingerprint density at radius 2 is 1.95 bits per heavy atom. The van der Waals surface area contributed by atoms with Crippen molar-refractivity contribution in [2.45, 2.75) is 46.3 Å². The Morgan fingerprint density at radius 3 is 2.52 bits per heavy atom. The third-order valence-corrected chi connectivity index (χ3v) is 2.60. The Bertz CT molecular complexity index is 458. The van der Waals surface area contributed by atoms with E-state index in [-0.39, 0.29) is 18.8 Å². The molecule has 1 aromatic rings. The van der Waals surface area contributed by atoms with Crippen LogP contribution in [0, 0.1) is 0 Å². The van der Waals surface area contributed by atoms with Gasteiger partial charge in [0.05, 0.1) is 12.7 Å². The highest BCUT2D eigenvalue weighted by atomic mass is 16.6. The van der Waals surface area contributed by atoms with Gasteiger partial charge < -0.3 is 19.9 Å². The van der Waals surface area contributed by atoms with Crippen LogP contribution < -0.4 is 15.2 Å². The van der Waals surface area contributed by atoms with Gasteiger partial charge in [0.25, 0.3) is 0 Å². The Hall–Kier alpha value is -1.75. The first kappa shape index (κ1) is 17.3. The maximum Gasteiger partial charge on any atom is 0.344 e. The first-order valence-corrected chi connectivity index (χ1v) is 7.26. The molecule has 1 unspecified atom stereocenters. The molecule has 0 aliphatic heterocycles. The molecule has 0 heterocycles. The predicted molar refractivity (Wildman–Crippen MR) is 81.7 cm³/mol. The third kappa shape index (κ3) is 6.04. The number of nitrogens with two attached hydrogens (primary N) is 1. The first-order valence-electron chi connectivity index (χ1n) is 7.26. The minimum Gasteiger partial charge on any atom is -0.490 e. The van der Waals surface area contributed by atoms with Crippen molar-refractivity contribution in [3.05, 3.63) is 23.8 Å². The van der Waals surface area contributed by atoms with E-state index >= 15 is 0 Å². The van der Waals surface area contributed by atoms with Crippen LogP contribution in [-0.4, -0.2) is 31.3 Å². The fourth-order valence-electron chi connectivity index (χ4n) is 1.93. The van der Waals surface area contributed by atoms with E-state index in [0.717, 1.165) is 5.56 Å². The van der Waals surface area contributed by atoms with E-state index in [1.807, 2.05) is 32.0 Å². The summed E-state index contributed by atoms with van der Waals surface area (Å²) in [6.07, 6.45) is 0.488. The van der Waals surface area contributed by atoms with Gasteiger partial charge in [-0.3, -0.25) is 0 Å². The number of carbonyl (C=O) groups excluding carboxylic acids is 1. The molecule has 0 amide bonds. The van der Waals surface area contributed by atoms with Crippen LogP contribution in [0.1, 0.15) is 33.3 Å². The fourth-order valence-corrected chi connectivity index (χ4v) is 1.93. The topological polar surface area (TPSA) is 70.8 Å². The van der Waals surface area contributed by atoms with Crippen molar-refractivity contribution < 1.29 is 19.0 Å². The van der Waals surface area contributed by atoms with Crippen LogP contribution in [0.2, 0.25) is 0 Å². The summed E-state index contributed by atoms with van der Waals surface area (Å²) in [5, 5.41) is 0. The minimum absolute atomic E-state index is 0.00755. The third-order valence-electron chi connectivity index (χ3n) is 2.60. The molecule has 2 N–H and O–H groups in total. The molecule has 1 rings (SSSR count). The van der Waals surface area contributed by atoms with Crippen LogP contribution in [0.3, 0.4) is 0 Å². The summed E-state index contributed by atoms with van der Waals surface area (Å²) in [4.78, 5) is 11.6. The van der Waals surface area contributed by atoms with Crippen molar-refractivity contribution in [2.24, 2.45) is 5.73 Å². The van der Waals surface area contributed by atoms with E-state index in [1.54, 1.807) is 13.8 Å². The van der Waals surface area contributed by atoms with Crippen molar-refractivity contribution >= 4 is 5.97 Å². The number of hydrogen-bond donors (Lipinski definition) is 1. The largest absolute Gasteiger partial charge is 0.490 e. The van der Waals surface area contributed by atoms with Crippen LogP contribution in [-0.2, 0) is 16.0 Å². The van der Waals surface area contributed by atoms with E-state index in [4.69, 9.17) is 19.9 Å². The summed E-state index contributed by atoms with van der Waals surface area (Å²) in [5.41, 5.74) is 6.78. The quantitative estimate of drug-likeness (QED) is 0.745. The van der Waals surface area contributed by atoms with Gasteiger partial charge in [-0.15, -0.1) is 0 Å². The lowest BCUT2D eigenvalue weighted by atomic mass is 10.1. The summed E-state index contributed by atoms with van der Waals surface area (Å²) in [6.45, 7) is 7.79. The van der Waals surface area contributed by atoms with Crippen molar-refractivity contribution in [3.63, 3.8) is 0 Å². The predicted octanol–water partition coefficient (Wildman–Crippen LogP) is 2.31. The Labute approximate surface area is 126 Å². The smallest absolute Gasteiger partial charge is 0.344 e. The molecule has 0 saturated heterocycles. The summed E-state index contributed by atoms with van der Waals surface area (Å²) in [6, 6.07) is 5.63. The van der Waals surface area contributed by atoms with Crippen LogP contribution in [0.4, 0.5) is 0 Å². The molecule has 0 saturated carbocycles. The second-order valence-corrected chi connectivity index (χ2v) is 5.19. The fraction of sp³-hybridized carbons (Fsp3) is 0.562. The normalized spacial score (nSPS) is 12.1. The summed E-state index contributed by atoms with van der Waals surface area (Å²) >= 11 is 0. The molecule has 1 atom stereocenters. The SMILES string of the molecule is CCOc1cccc(CC(C)N)c1OCC(=O)OC(C)C. The van der Waals surface area contributed by atoms with E-state index in [0.29, 0.717) is 24.5 Å². The molecule has 0 aliphatic rings. The number of esters is 1. The molecular formula is C16H25NO4. The molecule has 1 aromatic carbocycles. The molecule has 0 aromatic heterocycles. The van der Waals surface area contributed by atoms with Crippen LogP contribution in [0.5, 0.6) is 11.5 Å². The first-order chi connectivity index (χ1) is 9.93. The maximum atomic E-state index is 11.6. The Morgan fingerprint density at radius 1 is 1.24 bits per heavy atom. The van der Waals surface area contributed by atoms with E-state index in [9.17, 15) is 4.79 Å². The van der Waals surface area contributed by atoms with Gasteiger partial charge in [0, 0.05) is 6.04 Å². The second kappa shape index (κ2) is 8.52. The second-order valence-electron chi connectivity index (χ2n) is 5.19. The number of ether oxygens (including phenoxy) is 3. The van der Waals surface area contributed by atoms with Gasteiger partial charge >= 0.3 is 5.97 Å². The molecule has 0 fully saturated rings. The lowest BCUT2D eigenvalue weighted by Crippen LogP contribution is -2.21. The zero-order chi connectivity index (χ0) is 15.8. The average molecular weight is 295 g/mol. The molecule has 5 nitrogen and oxygen atoms in total.